The first-order chi connectivity index (χ1) is 14.2. The molecule has 1 N–H and O–H groups in total. The van der Waals surface area contributed by atoms with Gasteiger partial charge in [0.2, 0.25) is 0 Å². The van der Waals surface area contributed by atoms with Crippen molar-refractivity contribution in [2.24, 2.45) is 0 Å². The number of amides is 1. The first kappa shape index (κ1) is 17.8. The summed E-state index contributed by atoms with van der Waals surface area (Å²) in [6.07, 6.45) is 0. The fraction of sp³-hybridized carbons (Fsp3) is 0.182. The van der Waals surface area contributed by atoms with Gasteiger partial charge in [-0.15, -0.1) is 0 Å². The van der Waals surface area contributed by atoms with Crippen LogP contribution in [0.2, 0.25) is 0 Å². The van der Waals surface area contributed by atoms with Gasteiger partial charge in [0, 0.05) is 12.1 Å². The fourth-order valence-electron chi connectivity index (χ4n) is 3.44. The zero-order valence-corrected chi connectivity index (χ0v) is 16.5. The third-order valence-electron chi connectivity index (χ3n) is 4.69. The van der Waals surface area contributed by atoms with Crippen LogP contribution < -0.4 is 19.5 Å². The quantitative estimate of drug-likeness (QED) is 0.524. The largest absolute Gasteiger partial charge is 0.493 e. The number of carbonyl (C=O) groups excluding carboxylic acids is 1. The molecule has 6 nitrogen and oxygen atoms in total. The molecule has 5 rings (SSSR count). The summed E-state index contributed by atoms with van der Waals surface area (Å²) in [5.74, 6) is 1.70. The van der Waals surface area contributed by atoms with Crippen LogP contribution in [0.4, 0.5) is 5.13 Å². The smallest absolute Gasteiger partial charge is 0.261 e. The number of nitrogens with zero attached hydrogens (tertiary/aromatic N) is 1. The van der Waals surface area contributed by atoms with E-state index in [0.717, 1.165) is 21.0 Å². The third-order valence-corrected chi connectivity index (χ3v) is 5.62. The van der Waals surface area contributed by atoms with E-state index in [0.29, 0.717) is 47.8 Å². The SMILES string of the molecule is CCOc1ccc2ccccc2c1C(=O)Nc1nc2cc3c(cc2s1)OCCO3. The number of rotatable bonds is 4. The van der Waals surface area contributed by atoms with E-state index in [1.807, 2.05) is 55.5 Å². The lowest BCUT2D eigenvalue weighted by Gasteiger charge is -2.17. The lowest BCUT2D eigenvalue weighted by atomic mass is 10.0. The van der Waals surface area contributed by atoms with Crippen molar-refractivity contribution in [1.29, 1.82) is 0 Å². The highest BCUT2D eigenvalue weighted by molar-refractivity contribution is 7.22. The third kappa shape index (κ3) is 3.23. The summed E-state index contributed by atoms with van der Waals surface area (Å²) >= 11 is 1.40. The standard InChI is InChI=1S/C22H18N2O4S/c1-2-26-16-8-7-13-5-3-4-6-14(13)20(16)21(25)24-22-23-15-11-17-18(12-19(15)29-22)28-10-9-27-17/h3-8,11-12H,2,9-10H2,1H3,(H,23,24,25). The molecule has 1 aromatic heterocycles. The minimum atomic E-state index is -0.249. The Balaban J connectivity index is 1.52. The van der Waals surface area contributed by atoms with Crippen LogP contribution in [0.5, 0.6) is 17.2 Å². The molecule has 146 valence electrons. The Morgan fingerprint density at radius 3 is 2.76 bits per heavy atom. The van der Waals surface area contributed by atoms with Gasteiger partial charge in [0.05, 0.1) is 22.4 Å². The van der Waals surface area contributed by atoms with Gasteiger partial charge in [-0.05, 0) is 23.8 Å². The molecule has 3 aromatic carbocycles. The van der Waals surface area contributed by atoms with Crippen molar-refractivity contribution in [2.45, 2.75) is 6.92 Å². The number of ether oxygens (including phenoxy) is 3. The van der Waals surface area contributed by atoms with Gasteiger partial charge < -0.3 is 14.2 Å². The van der Waals surface area contributed by atoms with Crippen LogP contribution in [0.1, 0.15) is 17.3 Å². The molecule has 0 unspecified atom stereocenters. The van der Waals surface area contributed by atoms with Gasteiger partial charge in [-0.1, -0.05) is 41.7 Å². The van der Waals surface area contributed by atoms with E-state index in [2.05, 4.69) is 10.3 Å². The second kappa shape index (κ2) is 7.25. The van der Waals surface area contributed by atoms with Crippen LogP contribution in [0.15, 0.2) is 48.5 Å². The molecule has 1 aliphatic rings. The van der Waals surface area contributed by atoms with Crippen LogP contribution in [0.3, 0.4) is 0 Å². The number of anilines is 1. The van der Waals surface area contributed by atoms with Crippen LogP contribution in [-0.4, -0.2) is 30.7 Å². The van der Waals surface area contributed by atoms with Gasteiger partial charge in [-0.3, -0.25) is 10.1 Å². The van der Waals surface area contributed by atoms with Gasteiger partial charge >= 0.3 is 0 Å². The van der Waals surface area contributed by atoms with Gasteiger partial charge in [0.15, 0.2) is 16.6 Å². The highest BCUT2D eigenvalue weighted by atomic mass is 32.1. The molecule has 0 spiro atoms. The maximum Gasteiger partial charge on any atom is 0.261 e. The molecular formula is C22H18N2O4S. The highest BCUT2D eigenvalue weighted by Gasteiger charge is 2.20. The second-order valence-electron chi connectivity index (χ2n) is 6.53. The van der Waals surface area contributed by atoms with Crippen molar-refractivity contribution in [3.05, 3.63) is 54.1 Å². The zero-order chi connectivity index (χ0) is 19.8. The average molecular weight is 406 g/mol. The van der Waals surface area contributed by atoms with E-state index in [-0.39, 0.29) is 5.91 Å². The predicted molar refractivity (Wildman–Crippen MR) is 114 cm³/mol. The molecular weight excluding hydrogens is 388 g/mol. The molecule has 29 heavy (non-hydrogen) atoms. The van der Waals surface area contributed by atoms with Gasteiger partial charge in [0.25, 0.3) is 5.91 Å². The number of carbonyl (C=O) groups is 1. The molecule has 0 radical (unpaired) electrons. The van der Waals surface area contributed by atoms with Crippen LogP contribution >= 0.6 is 11.3 Å². The summed E-state index contributed by atoms with van der Waals surface area (Å²) in [4.78, 5) is 17.7. The van der Waals surface area contributed by atoms with Crippen molar-refractivity contribution in [1.82, 2.24) is 4.98 Å². The molecule has 2 heterocycles. The molecule has 1 aliphatic heterocycles. The minimum Gasteiger partial charge on any atom is -0.493 e. The maximum atomic E-state index is 13.2. The van der Waals surface area contributed by atoms with E-state index in [1.54, 1.807) is 0 Å². The van der Waals surface area contributed by atoms with Gasteiger partial charge in [0.1, 0.15) is 19.0 Å². The van der Waals surface area contributed by atoms with E-state index in [1.165, 1.54) is 11.3 Å². The molecule has 0 atom stereocenters. The number of fused-ring (bicyclic) bond motifs is 3. The number of thiazole rings is 1. The Bertz CT molecular complexity index is 1190. The Kier molecular flexibility index (Phi) is 4.44. The van der Waals surface area contributed by atoms with Crippen molar-refractivity contribution < 1.29 is 19.0 Å². The van der Waals surface area contributed by atoms with E-state index < -0.39 is 0 Å². The molecule has 0 saturated heterocycles. The summed E-state index contributed by atoms with van der Waals surface area (Å²) < 4.78 is 17.9. The summed E-state index contributed by atoms with van der Waals surface area (Å²) in [6.45, 7) is 3.43. The second-order valence-corrected chi connectivity index (χ2v) is 7.56. The lowest BCUT2D eigenvalue weighted by molar-refractivity contribution is 0.102. The maximum absolute atomic E-state index is 13.2. The molecule has 0 saturated carbocycles. The Hall–Kier alpha value is -3.32. The van der Waals surface area contributed by atoms with E-state index in [9.17, 15) is 4.79 Å². The summed E-state index contributed by atoms with van der Waals surface area (Å²) in [7, 11) is 0. The van der Waals surface area contributed by atoms with Crippen LogP contribution in [0.25, 0.3) is 21.0 Å². The van der Waals surface area contributed by atoms with Gasteiger partial charge in [-0.25, -0.2) is 4.98 Å². The normalized spacial score (nSPS) is 12.9. The Morgan fingerprint density at radius 2 is 1.93 bits per heavy atom. The highest BCUT2D eigenvalue weighted by Crippen LogP contribution is 2.38. The van der Waals surface area contributed by atoms with Crippen molar-refractivity contribution in [2.75, 3.05) is 25.1 Å². The van der Waals surface area contributed by atoms with E-state index >= 15 is 0 Å². The summed E-state index contributed by atoms with van der Waals surface area (Å²) in [5, 5.41) is 5.27. The summed E-state index contributed by atoms with van der Waals surface area (Å²) in [5.41, 5.74) is 1.27. The molecule has 4 aromatic rings. The lowest BCUT2D eigenvalue weighted by Crippen LogP contribution is -2.15. The molecule has 0 aliphatic carbocycles. The van der Waals surface area contributed by atoms with Crippen molar-refractivity contribution >= 4 is 43.4 Å². The minimum absolute atomic E-state index is 0.249. The number of nitrogens with one attached hydrogen (secondary N) is 1. The molecule has 1 amide bonds. The van der Waals surface area contributed by atoms with E-state index in [4.69, 9.17) is 14.2 Å². The number of aromatic nitrogens is 1. The van der Waals surface area contributed by atoms with Gasteiger partial charge in [-0.2, -0.15) is 0 Å². The van der Waals surface area contributed by atoms with Crippen molar-refractivity contribution in [3.63, 3.8) is 0 Å². The average Bonchev–Trinajstić information content (AvgIpc) is 3.12. The molecule has 0 bridgehead atoms. The van der Waals surface area contributed by atoms with Crippen LogP contribution in [-0.2, 0) is 0 Å². The first-order valence-electron chi connectivity index (χ1n) is 9.39. The predicted octanol–water partition coefficient (Wildman–Crippen LogP) is 4.87. The monoisotopic (exact) mass is 406 g/mol. The fourth-order valence-corrected chi connectivity index (χ4v) is 4.31. The Morgan fingerprint density at radius 1 is 1.14 bits per heavy atom. The number of benzene rings is 3. The Labute approximate surface area is 171 Å². The summed E-state index contributed by atoms with van der Waals surface area (Å²) in [6, 6.07) is 15.3. The molecule has 7 heteroatoms. The van der Waals surface area contributed by atoms with Crippen LogP contribution in [0, 0.1) is 0 Å². The first-order valence-corrected chi connectivity index (χ1v) is 10.2. The topological polar surface area (TPSA) is 69.7 Å². The van der Waals surface area contributed by atoms with Crippen molar-refractivity contribution in [3.8, 4) is 17.2 Å². The number of hydrogen-bond acceptors (Lipinski definition) is 6. The molecule has 0 fully saturated rings. The zero-order valence-electron chi connectivity index (χ0n) is 15.7. The number of hydrogen-bond donors (Lipinski definition) is 1.